The molecule has 16 heavy (non-hydrogen) atoms. The zero-order valence-electron chi connectivity index (χ0n) is 8.88. The number of benzene rings is 1. The van der Waals surface area contributed by atoms with Crippen molar-refractivity contribution in [2.45, 2.75) is 0 Å². The van der Waals surface area contributed by atoms with Gasteiger partial charge in [0.1, 0.15) is 12.0 Å². The van der Waals surface area contributed by atoms with Gasteiger partial charge in [0.25, 0.3) is 0 Å². The second-order valence-corrected chi connectivity index (χ2v) is 3.66. The minimum Gasteiger partial charge on any atom is -0.327 e. The summed E-state index contributed by atoms with van der Waals surface area (Å²) in [6.07, 6.45) is 4.70. The Kier molecular flexibility index (Phi) is 1.96. The highest BCUT2D eigenvalue weighted by molar-refractivity contribution is 5.90. The van der Waals surface area contributed by atoms with E-state index in [1.165, 1.54) is 0 Å². The minimum atomic E-state index is 0.911. The molecule has 2 aromatic heterocycles. The molecule has 77 valence electrons. The first kappa shape index (κ1) is 9.09. The SMILES string of the molecule is Cn1[c]cc2c(-c3ccccc3)ncnc21. The van der Waals surface area contributed by atoms with E-state index < -0.39 is 0 Å². The van der Waals surface area contributed by atoms with Gasteiger partial charge in [-0.25, -0.2) is 9.97 Å². The van der Waals surface area contributed by atoms with Gasteiger partial charge in [0.05, 0.1) is 11.9 Å². The lowest BCUT2D eigenvalue weighted by Crippen LogP contribution is -1.91. The van der Waals surface area contributed by atoms with Crippen molar-refractivity contribution < 1.29 is 0 Å². The summed E-state index contributed by atoms with van der Waals surface area (Å²) in [6, 6.07) is 12.0. The molecule has 0 aliphatic rings. The fraction of sp³-hybridized carbons (Fsp3) is 0.0769. The van der Waals surface area contributed by atoms with E-state index in [-0.39, 0.29) is 0 Å². The maximum atomic E-state index is 4.35. The molecule has 0 saturated carbocycles. The van der Waals surface area contributed by atoms with E-state index in [9.17, 15) is 0 Å². The Morgan fingerprint density at radius 2 is 1.94 bits per heavy atom. The number of nitrogens with zero attached hydrogens (tertiary/aromatic N) is 3. The summed E-state index contributed by atoms with van der Waals surface area (Å²) in [7, 11) is 1.93. The molecule has 1 radical (unpaired) electrons. The molecular weight excluding hydrogens is 198 g/mol. The quantitative estimate of drug-likeness (QED) is 0.615. The number of hydrogen-bond acceptors (Lipinski definition) is 2. The van der Waals surface area contributed by atoms with Gasteiger partial charge >= 0.3 is 0 Å². The molecule has 0 bridgehead atoms. The van der Waals surface area contributed by atoms with Gasteiger partial charge in [0.15, 0.2) is 0 Å². The van der Waals surface area contributed by atoms with Crippen LogP contribution in [0.15, 0.2) is 42.7 Å². The Labute approximate surface area is 93.4 Å². The van der Waals surface area contributed by atoms with Crippen LogP contribution in [0.2, 0.25) is 0 Å². The molecule has 3 rings (SSSR count). The van der Waals surface area contributed by atoms with Crippen LogP contribution in [-0.4, -0.2) is 14.5 Å². The third-order valence-electron chi connectivity index (χ3n) is 2.63. The zero-order chi connectivity index (χ0) is 11.0. The summed E-state index contributed by atoms with van der Waals surface area (Å²) in [5.41, 5.74) is 2.98. The molecule has 0 spiro atoms. The highest BCUT2D eigenvalue weighted by Crippen LogP contribution is 2.24. The molecule has 3 heteroatoms. The monoisotopic (exact) mass is 208 g/mol. The standard InChI is InChI=1S/C13H10N3/c1-16-8-7-11-12(14-9-15-13(11)16)10-5-3-2-4-6-10/h2-7,9H,1H3. The summed E-state index contributed by atoms with van der Waals surface area (Å²) in [6.45, 7) is 0. The number of fused-ring (bicyclic) bond motifs is 1. The average molecular weight is 208 g/mol. The molecule has 1 aromatic carbocycles. The zero-order valence-corrected chi connectivity index (χ0v) is 8.88. The molecule has 3 aromatic rings. The third-order valence-corrected chi connectivity index (χ3v) is 2.63. The molecule has 0 N–H and O–H groups in total. The Hall–Kier alpha value is -2.16. The van der Waals surface area contributed by atoms with Crippen LogP contribution in [0.1, 0.15) is 0 Å². The molecule has 0 aliphatic heterocycles. The van der Waals surface area contributed by atoms with Gasteiger partial charge in [-0.1, -0.05) is 30.3 Å². The van der Waals surface area contributed by atoms with E-state index in [4.69, 9.17) is 0 Å². The van der Waals surface area contributed by atoms with Crippen LogP contribution in [0.3, 0.4) is 0 Å². The minimum absolute atomic E-state index is 0.911. The lowest BCUT2D eigenvalue weighted by atomic mass is 10.1. The van der Waals surface area contributed by atoms with Gasteiger partial charge in [0.2, 0.25) is 0 Å². The van der Waals surface area contributed by atoms with Gasteiger partial charge in [-0.05, 0) is 6.07 Å². The van der Waals surface area contributed by atoms with Crippen LogP contribution in [0, 0.1) is 6.20 Å². The molecular formula is C13H10N3. The maximum absolute atomic E-state index is 4.35. The summed E-state index contributed by atoms with van der Waals surface area (Å²) in [4.78, 5) is 8.59. The van der Waals surface area contributed by atoms with Crippen molar-refractivity contribution in [1.82, 2.24) is 14.5 Å². The number of hydrogen-bond donors (Lipinski definition) is 0. The van der Waals surface area contributed by atoms with Gasteiger partial charge in [-0.2, -0.15) is 0 Å². The van der Waals surface area contributed by atoms with Crippen LogP contribution in [0.5, 0.6) is 0 Å². The average Bonchev–Trinajstić information content (AvgIpc) is 2.73. The Morgan fingerprint density at radius 1 is 1.12 bits per heavy atom. The van der Waals surface area contributed by atoms with E-state index in [0.29, 0.717) is 0 Å². The first-order valence-corrected chi connectivity index (χ1v) is 5.10. The molecule has 0 aliphatic carbocycles. The largest absolute Gasteiger partial charge is 0.327 e. The Balaban J connectivity index is 2.32. The summed E-state index contributed by atoms with van der Waals surface area (Å²) in [5, 5.41) is 1.04. The van der Waals surface area contributed by atoms with Gasteiger partial charge in [-0.15, -0.1) is 0 Å². The van der Waals surface area contributed by atoms with E-state index >= 15 is 0 Å². The van der Waals surface area contributed by atoms with Crippen molar-refractivity contribution in [3.8, 4) is 11.3 Å². The van der Waals surface area contributed by atoms with Crippen molar-refractivity contribution in [1.29, 1.82) is 0 Å². The molecule has 0 fully saturated rings. The first-order valence-electron chi connectivity index (χ1n) is 5.10. The predicted molar refractivity (Wildman–Crippen MR) is 62.8 cm³/mol. The van der Waals surface area contributed by atoms with Crippen LogP contribution in [0.25, 0.3) is 22.3 Å². The fourth-order valence-corrected chi connectivity index (χ4v) is 1.84. The van der Waals surface area contributed by atoms with Crippen LogP contribution in [0.4, 0.5) is 0 Å². The normalized spacial score (nSPS) is 10.8. The molecule has 0 unspecified atom stereocenters. The van der Waals surface area contributed by atoms with Crippen LogP contribution in [-0.2, 0) is 7.05 Å². The second kappa shape index (κ2) is 3.45. The molecule has 2 heterocycles. The van der Waals surface area contributed by atoms with E-state index in [1.807, 2.05) is 35.9 Å². The van der Waals surface area contributed by atoms with Crippen LogP contribution < -0.4 is 0 Å². The van der Waals surface area contributed by atoms with Crippen molar-refractivity contribution in [2.75, 3.05) is 0 Å². The number of aromatic nitrogens is 3. The summed E-state index contributed by atoms with van der Waals surface area (Å²) in [5.74, 6) is 0. The van der Waals surface area contributed by atoms with Crippen molar-refractivity contribution in [3.63, 3.8) is 0 Å². The number of rotatable bonds is 1. The number of aryl methyl sites for hydroxylation is 1. The molecule has 0 atom stereocenters. The highest BCUT2D eigenvalue weighted by Gasteiger charge is 2.07. The van der Waals surface area contributed by atoms with E-state index in [2.05, 4.69) is 28.3 Å². The molecule has 3 nitrogen and oxygen atoms in total. The third kappa shape index (κ3) is 1.29. The van der Waals surface area contributed by atoms with Crippen molar-refractivity contribution in [3.05, 3.63) is 48.9 Å². The van der Waals surface area contributed by atoms with Gasteiger partial charge < -0.3 is 4.57 Å². The van der Waals surface area contributed by atoms with E-state index in [0.717, 1.165) is 22.3 Å². The maximum Gasteiger partial charge on any atom is 0.144 e. The second-order valence-electron chi connectivity index (χ2n) is 3.66. The highest BCUT2D eigenvalue weighted by atomic mass is 15.0. The van der Waals surface area contributed by atoms with Crippen molar-refractivity contribution >= 4 is 11.0 Å². The smallest absolute Gasteiger partial charge is 0.144 e. The lowest BCUT2D eigenvalue weighted by Gasteiger charge is -2.02. The topological polar surface area (TPSA) is 30.7 Å². The lowest BCUT2D eigenvalue weighted by molar-refractivity contribution is 0.935. The summed E-state index contributed by atoms with van der Waals surface area (Å²) < 4.78 is 1.88. The predicted octanol–water partition coefficient (Wildman–Crippen LogP) is 2.44. The molecule has 0 saturated heterocycles. The van der Waals surface area contributed by atoms with E-state index in [1.54, 1.807) is 6.33 Å². The fourth-order valence-electron chi connectivity index (χ4n) is 1.84. The summed E-state index contributed by atoms with van der Waals surface area (Å²) >= 11 is 0. The Morgan fingerprint density at radius 3 is 2.75 bits per heavy atom. The van der Waals surface area contributed by atoms with Crippen molar-refractivity contribution in [2.24, 2.45) is 7.05 Å². The van der Waals surface area contributed by atoms with Crippen LogP contribution >= 0.6 is 0 Å². The Bertz CT molecular complexity index is 626. The van der Waals surface area contributed by atoms with Gasteiger partial charge in [-0.3, -0.25) is 0 Å². The van der Waals surface area contributed by atoms with Gasteiger partial charge in [0, 0.05) is 18.0 Å². The molecule has 0 amide bonds. The first-order chi connectivity index (χ1) is 7.86.